The number of rotatable bonds is 4. The highest BCUT2D eigenvalue weighted by atomic mass is 32.2. The molecule has 2 aromatic heterocycles. The van der Waals surface area contributed by atoms with E-state index in [1.165, 1.54) is 11.6 Å². The topological polar surface area (TPSA) is 130 Å². The number of nitrogen functional groups attached to an aromatic ring is 1. The molecule has 3 rings (SSSR count). The van der Waals surface area contributed by atoms with Gasteiger partial charge in [0, 0.05) is 7.05 Å². The van der Waals surface area contributed by atoms with E-state index in [9.17, 15) is 8.42 Å². The average Bonchev–Trinajstić information content (AvgIpc) is 3.05. The molecule has 0 amide bonds. The molecule has 0 saturated carbocycles. The van der Waals surface area contributed by atoms with E-state index in [4.69, 9.17) is 5.73 Å². The summed E-state index contributed by atoms with van der Waals surface area (Å²) in [6.07, 6.45) is 0. The molecule has 9 nitrogen and oxygen atoms in total. The smallest absolute Gasteiger partial charge is 0.250 e. The highest BCUT2D eigenvalue weighted by Gasteiger charge is 2.26. The minimum atomic E-state index is -3.66. The van der Waals surface area contributed by atoms with Gasteiger partial charge in [0.25, 0.3) is 0 Å². The molecular formula is C12H12N6O3S. The van der Waals surface area contributed by atoms with E-state index in [1.54, 1.807) is 24.3 Å². The lowest BCUT2D eigenvalue weighted by Gasteiger charge is -2.04. The highest BCUT2D eigenvalue weighted by molar-refractivity contribution is 7.90. The molecule has 0 aliphatic heterocycles. The van der Waals surface area contributed by atoms with Crippen LogP contribution in [0.3, 0.4) is 0 Å². The van der Waals surface area contributed by atoms with Gasteiger partial charge in [-0.2, -0.15) is 0 Å². The lowest BCUT2D eigenvalue weighted by Crippen LogP contribution is -2.11. The van der Waals surface area contributed by atoms with Crippen LogP contribution < -0.4 is 5.73 Å². The number of hydrogen-bond acceptors (Lipinski definition) is 8. The molecule has 0 spiro atoms. The van der Waals surface area contributed by atoms with Crippen LogP contribution in [-0.2, 0) is 22.6 Å². The summed E-state index contributed by atoms with van der Waals surface area (Å²) >= 11 is 0. The minimum absolute atomic E-state index is 0.0162. The predicted octanol–water partition coefficient (Wildman–Crippen LogP) is 0.421. The van der Waals surface area contributed by atoms with E-state index in [0.717, 1.165) is 0 Å². The Hall–Kier alpha value is -2.75. The molecule has 2 heterocycles. The summed E-state index contributed by atoms with van der Waals surface area (Å²) in [5, 5.41) is 14.4. The molecular weight excluding hydrogens is 308 g/mol. The van der Waals surface area contributed by atoms with Crippen LogP contribution in [0, 0.1) is 0 Å². The van der Waals surface area contributed by atoms with E-state index in [1.807, 2.05) is 6.07 Å². The Kier molecular flexibility index (Phi) is 3.37. The van der Waals surface area contributed by atoms with Crippen molar-refractivity contribution in [2.45, 2.75) is 10.9 Å². The Balaban J connectivity index is 1.99. The fourth-order valence-corrected chi connectivity index (χ4v) is 3.43. The first-order chi connectivity index (χ1) is 10.5. The monoisotopic (exact) mass is 320 g/mol. The molecule has 2 N–H and O–H groups in total. The van der Waals surface area contributed by atoms with Crippen LogP contribution in [0.1, 0.15) is 5.56 Å². The van der Waals surface area contributed by atoms with Gasteiger partial charge < -0.3 is 5.73 Å². The fourth-order valence-electron chi connectivity index (χ4n) is 2.00. The van der Waals surface area contributed by atoms with Crippen LogP contribution in [0.15, 0.2) is 40.1 Å². The van der Waals surface area contributed by atoms with Crippen LogP contribution in [-0.4, -0.2) is 33.5 Å². The molecule has 0 unspecified atom stereocenters. The molecule has 0 aliphatic carbocycles. The zero-order valence-electron chi connectivity index (χ0n) is 11.5. The Bertz CT molecular complexity index is 900. The fraction of sp³-hybridized carbons (Fsp3) is 0.167. The van der Waals surface area contributed by atoms with Gasteiger partial charge in [-0.3, -0.25) is 4.57 Å². The van der Waals surface area contributed by atoms with Crippen molar-refractivity contribution in [1.82, 2.24) is 25.1 Å². The summed E-state index contributed by atoms with van der Waals surface area (Å²) in [7, 11) is -2.14. The van der Waals surface area contributed by atoms with Crippen LogP contribution >= 0.6 is 0 Å². The first-order valence-electron chi connectivity index (χ1n) is 6.23. The van der Waals surface area contributed by atoms with Gasteiger partial charge in [-0.25, -0.2) is 13.0 Å². The normalized spacial score (nSPS) is 11.7. The van der Waals surface area contributed by atoms with Gasteiger partial charge in [0.05, 0.1) is 5.75 Å². The zero-order valence-corrected chi connectivity index (χ0v) is 12.4. The third kappa shape index (κ3) is 2.44. The Morgan fingerprint density at radius 3 is 2.55 bits per heavy atom. The van der Waals surface area contributed by atoms with E-state index in [0.29, 0.717) is 5.56 Å². The van der Waals surface area contributed by atoms with Crippen molar-refractivity contribution < 1.29 is 13.0 Å². The lowest BCUT2D eigenvalue weighted by molar-refractivity contribution is 0.310. The van der Waals surface area contributed by atoms with Crippen LogP contribution in [0.25, 0.3) is 11.5 Å². The molecule has 3 aromatic rings. The maximum absolute atomic E-state index is 12.5. The highest BCUT2D eigenvalue weighted by Crippen LogP contribution is 2.23. The average molecular weight is 320 g/mol. The standard InChI is InChI=1S/C12H12N6O3S/c1-18-11(9-10(13)17-21-16-9)14-15-12(18)22(19,20)7-8-5-3-2-4-6-8/h2-6H,7H2,1H3,(H2,13,17). The lowest BCUT2D eigenvalue weighted by atomic mass is 10.2. The summed E-state index contributed by atoms with van der Waals surface area (Å²) in [5.41, 5.74) is 6.40. The summed E-state index contributed by atoms with van der Waals surface area (Å²) in [5.74, 6) is 0.0136. The van der Waals surface area contributed by atoms with E-state index in [-0.39, 0.29) is 28.2 Å². The van der Waals surface area contributed by atoms with Crippen molar-refractivity contribution in [3.8, 4) is 11.5 Å². The van der Waals surface area contributed by atoms with Crippen LogP contribution in [0.4, 0.5) is 5.82 Å². The maximum Gasteiger partial charge on any atom is 0.250 e. The van der Waals surface area contributed by atoms with Crippen molar-refractivity contribution in [3.05, 3.63) is 35.9 Å². The SMILES string of the molecule is Cn1c(-c2nonc2N)nnc1S(=O)(=O)Cc1ccccc1. The molecule has 0 bridgehead atoms. The largest absolute Gasteiger partial charge is 0.379 e. The number of nitrogens with two attached hydrogens (primary N) is 1. The van der Waals surface area contributed by atoms with Gasteiger partial charge in [0.15, 0.2) is 17.3 Å². The Morgan fingerprint density at radius 2 is 1.91 bits per heavy atom. The second-order valence-electron chi connectivity index (χ2n) is 4.61. The third-order valence-corrected chi connectivity index (χ3v) is 4.66. The van der Waals surface area contributed by atoms with Gasteiger partial charge in [0.1, 0.15) is 0 Å². The second kappa shape index (κ2) is 5.22. The number of nitrogens with zero attached hydrogens (tertiary/aromatic N) is 5. The molecule has 0 aliphatic rings. The van der Waals surface area contributed by atoms with E-state index in [2.05, 4.69) is 25.1 Å². The van der Waals surface area contributed by atoms with E-state index >= 15 is 0 Å². The summed E-state index contributed by atoms with van der Waals surface area (Å²) in [4.78, 5) is 0. The molecule has 0 saturated heterocycles. The summed E-state index contributed by atoms with van der Waals surface area (Å²) in [6, 6.07) is 8.82. The van der Waals surface area contributed by atoms with Crippen molar-refractivity contribution in [3.63, 3.8) is 0 Å². The van der Waals surface area contributed by atoms with Crippen molar-refractivity contribution >= 4 is 15.7 Å². The molecule has 0 fully saturated rings. The molecule has 0 atom stereocenters. The summed E-state index contributed by atoms with van der Waals surface area (Å²) < 4.78 is 30.7. The van der Waals surface area contributed by atoms with Crippen molar-refractivity contribution in [1.29, 1.82) is 0 Å². The maximum atomic E-state index is 12.5. The zero-order chi connectivity index (χ0) is 15.7. The van der Waals surface area contributed by atoms with Gasteiger partial charge >= 0.3 is 0 Å². The third-order valence-electron chi connectivity index (χ3n) is 3.04. The first kappa shape index (κ1) is 14.2. The Labute approximate surface area is 125 Å². The number of sulfone groups is 1. The first-order valence-corrected chi connectivity index (χ1v) is 7.89. The minimum Gasteiger partial charge on any atom is -0.379 e. The van der Waals surface area contributed by atoms with Crippen LogP contribution in [0.5, 0.6) is 0 Å². The number of anilines is 1. The van der Waals surface area contributed by atoms with E-state index < -0.39 is 9.84 Å². The molecule has 22 heavy (non-hydrogen) atoms. The van der Waals surface area contributed by atoms with Crippen molar-refractivity contribution in [2.75, 3.05) is 5.73 Å². The van der Waals surface area contributed by atoms with Crippen molar-refractivity contribution in [2.24, 2.45) is 7.05 Å². The van der Waals surface area contributed by atoms with Gasteiger partial charge in [-0.05, 0) is 15.9 Å². The summed E-state index contributed by atoms with van der Waals surface area (Å²) in [6.45, 7) is 0. The van der Waals surface area contributed by atoms with Gasteiger partial charge in [-0.1, -0.05) is 30.3 Å². The quantitative estimate of drug-likeness (QED) is 0.732. The number of aromatic nitrogens is 5. The van der Waals surface area contributed by atoms with Gasteiger partial charge in [0.2, 0.25) is 15.0 Å². The molecule has 1 aromatic carbocycles. The molecule has 0 radical (unpaired) electrons. The second-order valence-corrected chi connectivity index (χ2v) is 6.49. The van der Waals surface area contributed by atoms with Crippen LogP contribution in [0.2, 0.25) is 0 Å². The number of hydrogen-bond donors (Lipinski definition) is 1. The number of benzene rings is 1. The molecule has 10 heteroatoms. The van der Waals surface area contributed by atoms with Gasteiger partial charge in [-0.15, -0.1) is 10.2 Å². The molecule has 114 valence electrons. The Morgan fingerprint density at radius 1 is 1.18 bits per heavy atom. The predicted molar refractivity (Wildman–Crippen MR) is 76.0 cm³/mol.